The largest absolute Gasteiger partial charge is 0.336 e. The Kier molecular flexibility index (Phi) is 3.22. The van der Waals surface area contributed by atoms with Crippen LogP contribution in [0.3, 0.4) is 0 Å². The van der Waals surface area contributed by atoms with Gasteiger partial charge in [-0.3, -0.25) is 9.89 Å². The van der Waals surface area contributed by atoms with Gasteiger partial charge >= 0.3 is 0 Å². The average molecular weight is 222 g/mol. The number of H-pyrrole nitrogens is 1. The van der Waals surface area contributed by atoms with E-state index in [-0.39, 0.29) is 5.91 Å². The molecule has 1 saturated carbocycles. The number of nitrogens with zero attached hydrogens (tertiary/aromatic N) is 3. The Morgan fingerprint density at radius 3 is 2.75 bits per heavy atom. The zero-order chi connectivity index (χ0) is 11.5. The number of hydrogen-bond acceptors (Lipinski definition) is 3. The lowest BCUT2D eigenvalue weighted by molar-refractivity contribution is 0.0694. The fourth-order valence-electron chi connectivity index (χ4n) is 1.92. The van der Waals surface area contributed by atoms with Crippen LogP contribution in [0.25, 0.3) is 0 Å². The van der Waals surface area contributed by atoms with E-state index in [0.717, 1.165) is 13.1 Å². The van der Waals surface area contributed by atoms with Crippen LogP contribution < -0.4 is 0 Å². The predicted octanol–water partition coefficient (Wildman–Crippen LogP) is 1.38. The third-order valence-electron chi connectivity index (χ3n) is 3.16. The lowest BCUT2D eigenvalue weighted by Crippen LogP contribution is -2.37. The topological polar surface area (TPSA) is 61.9 Å². The van der Waals surface area contributed by atoms with Gasteiger partial charge in [-0.25, -0.2) is 4.98 Å². The van der Waals surface area contributed by atoms with Crippen LogP contribution >= 0.6 is 0 Å². The van der Waals surface area contributed by atoms with Crippen LogP contribution in [0.15, 0.2) is 0 Å². The van der Waals surface area contributed by atoms with Gasteiger partial charge in [0.1, 0.15) is 5.82 Å². The summed E-state index contributed by atoms with van der Waals surface area (Å²) >= 11 is 0. The Bertz CT molecular complexity index is 370. The Hall–Kier alpha value is -1.39. The lowest BCUT2D eigenvalue weighted by Gasteiger charge is -2.31. The molecule has 1 aliphatic rings. The number of hydrogen-bond donors (Lipinski definition) is 1. The zero-order valence-corrected chi connectivity index (χ0v) is 9.86. The van der Waals surface area contributed by atoms with E-state index in [2.05, 4.69) is 15.2 Å². The van der Waals surface area contributed by atoms with Crippen molar-refractivity contribution in [2.75, 3.05) is 13.1 Å². The van der Waals surface area contributed by atoms with Gasteiger partial charge in [-0.15, -0.1) is 5.10 Å². The van der Waals surface area contributed by atoms with Gasteiger partial charge in [0, 0.05) is 13.1 Å². The van der Waals surface area contributed by atoms with Crippen molar-refractivity contribution in [1.29, 1.82) is 0 Å². The zero-order valence-electron chi connectivity index (χ0n) is 9.86. The van der Waals surface area contributed by atoms with Crippen molar-refractivity contribution in [3.8, 4) is 0 Å². The molecule has 5 nitrogen and oxygen atoms in total. The molecule has 0 unspecified atom stereocenters. The molecule has 1 N–H and O–H groups in total. The minimum absolute atomic E-state index is 0.0567. The van der Waals surface area contributed by atoms with Crippen molar-refractivity contribution in [2.45, 2.75) is 33.1 Å². The predicted molar refractivity (Wildman–Crippen MR) is 60.0 cm³/mol. The van der Waals surface area contributed by atoms with Gasteiger partial charge in [0.25, 0.3) is 5.91 Å². The Balaban J connectivity index is 1.99. The molecule has 1 aromatic rings. The third-order valence-corrected chi connectivity index (χ3v) is 3.16. The van der Waals surface area contributed by atoms with Crippen molar-refractivity contribution in [1.82, 2.24) is 20.1 Å². The fourth-order valence-corrected chi connectivity index (χ4v) is 1.92. The van der Waals surface area contributed by atoms with Crippen molar-refractivity contribution in [3.05, 3.63) is 11.6 Å². The van der Waals surface area contributed by atoms with E-state index < -0.39 is 0 Å². The first-order valence-corrected chi connectivity index (χ1v) is 5.89. The summed E-state index contributed by atoms with van der Waals surface area (Å²) in [4.78, 5) is 18.0. The molecular formula is C11H18N4O. The van der Waals surface area contributed by atoms with Gasteiger partial charge in [0.2, 0.25) is 5.82 Å². The SMILES string of the molecule is CCN(CC1CCC1)C(=O)c1n[nH]c(C)n1. The molecule has 0 bridgehead atoms. The van der Waals surface area contributed by atoms with Gasteiger partial charge in [0.05, 0.1) is 0 Å². The Morgan fingerprint density at radius 1 is 1.56 bits per heavy atom. The number of rotatable bonds is 4. The molecule has 1 heterocycles. The van der Waals surface area contributed by atoms with E-state index >= 15 is 0 Å². The van der Waals surface area contributed by atoms with Crippen LogP contribution in [-0.4, -0.2) is 39.1 Å². The second-order valence-corrected chi connectivity index (χ2v) is 4.39. The first-order valence-electron chi connectivity index (χ1n) is 5.89. The molecule has 2 rings (SSSR count). The Labute approximate surface area is 95.2 Å². The first-order chi connectivity index (χ1) is 7.70. The number of aryl methyl sites for hydroxylation is 1. The number of carbonyl (C=O) groups excluding carboxylic acids is 1. The molecule has 0 spiro atoms. The van der Waals surface area contributed by atoms with E-state index in [9.17, 15) is 4.79 Å². The van der Waals surface area contributed by atoms with Crippen LogP contribution in [-0.2, 0) is 0 Å². The smallest absolute Gasteiger partial charge is 0.293 e. The molecule has 1 amide bonds. The van der Waals surface area contributed by atoms with E-state index in [1.807, 2.05) is 11.8 Å². The van der Waals surface area contributed by atoms with Gasteiger partial charge in [-0.2, -0.15) is 0 Å². The normalized spacial score (nSPS) is 15.9. The highest BCUT2D eigenvalue weighted by Gasteiger charge is 2.25. The first kappa shape index (κ1) is 11.1. The highest BCUT2D eigenvalue weighted by molar-refractivity contribution is 5.90. The third kappa shape index (κ3) is 2.23. The summed E-state index contributed by atoms with van der Waals surface area (Å²) in [6.07, 6.45) is 3.80. The number of aromatic amines is 1. The summed E-state index contributed by atoms with van der Waals surface area (Å²) in [5.74, 6) is 1.60. The van der Waals surface area contributed by atoms with Gasteiger partial charge in [0.15, 0.2) is 0 Å². The monoisotopic (exact) mass is 222 g/mol. The van der Waals surface area contributed by atoms with Crippen LogP contribution in [0.5, 0.6) is 0 Å². The maximum atomic E-state index is 12.0. The van der Waals surface area contributed by atoms with E-state index in [1.54, 1.807) is 6.92 Å². The van der Waals surface area contributed by atoms with Crippen molar-refractivity contribution < 1.29 is 4.79 Å². The van der Waals surface area contributed by atoms with Crippen LogP contribution in [0.4, 0.5) is 0 Å². The summed E-state index contributed by atoms with van der Waals surface area (Å²) in [6, 6.07) is 0. The number of nitrogens with one attached hydrogen (secondary N) is 1. The molecule has 88 valence electrons. The molecule has 1 aromatic heterocycles. The highest BCUT2D eigenvalue weighted by Crippen LogP contribution is 2.27. The number of carbonyl (C=O) groups is 1. The minimum atomic E-state index is -0.0567. The summed E-state index contributed by atoms with van der Waals surface area (Å²) in [6.45, 7) is 5.37. The maximum Gasteiger partial charge on any atom is 0.293 e. The second kappa shape index (κ2) is 4.63. The van der Waals surface area contributed by atoms with Gasteiger partial charge in [-0.05, 0) is 32.6 Å². The summed E-state index contributed by atoms with van der Waals surface area (Å²) in [5.41, 5.74) is 0. The average Bonchev–Trinajstić information content (AvgIpc) is 2.63. The molecule has 0 aliphatic heterocycles. The molecular weight excluding hydrogens is 204 g/mol. The van der Waals surface area contributed by atoms with E-state index in [0.29, 0.717) is 17.6 Å². The molecule has 0 atom stereocenters. The standard InChI is InChI=1S/C11H18N4O/c1-3-15(7-9-5-4-6-9)11(16)10-12-8(2)13-14-10/h9H,3-7H2,1-2H3,(H,12,13,14). The fraction of sp³-hybridized carbons (Fsp3) is 0.727. The van der Waals surface area contributed by atoms with E-state index in [4.69, 9.17) is 0 Å². The van der Waals surface area contributed by atoms with Crippen LogP contribution in [0.1, 0.15) is 42.6 Å². The van der Waals surface area contributed by atoms with Crippen molar-refractivity contribution >= 4 is 5.91 Å². The lowest BCUT2D eigenvalue weighted by atomic mass is 9.85. The number of amides is 1. The van der Waals surface area contributed by atoms with Gasteiger partial charge in [-0.1, -0.05) is 6.42 Å². The second-order valence-electron chi connectivity index (χ2n) is 4.39. The summed E-state index contributed by atoms with van der Waals surface area (Å²) in [5, 5.41) is 6.61. The van der Waals surface area contributed by atoms with Crippen LogP contribution in [0.2, 0.25) is 0 Å². The summed E-state index contributed by atoms with van der Waals surface area (Å²) in [7, 11) is 0. The molecule has 0 saturated heterocycles. The molecule has 1 aliphatic carbocycles. The van der Waals surface area contributed by atoms with E-state index in [1.165, 1.54) is 19.3 Å². The number of aromatic nitrogens is 3. The molecule has 0 radical (unpaired) electrons. The maximum absolute atomic E-state index is 12.0. The van der Waals surface area contributed by atoms with Crippen molar-refractivity contribution in [3.63, 3.8) is 0 Å². The summed E-state index contributed by atoms with van der Waals surface area (Å²) < 4.78 is 0. The van der Waals surface area contributed by atoms with Crippen molar-refractivity contribution in [2.24, 2.45) is 5.92 Å². The molecule has 0 aromatic carbocycles. The minimum Gasteiger partial charge on any atom is -0.336 e. The quantitative estimate of drug-likeness (QED) is 0.837. The molecule has 1 fully saturated rings. The highest BCUT2D eigenvalue weighted by atomic mass is 16.2. The molecule has 16 heavy (non-hydrogen) atoms. The molecule has 5 heteroatoms. The Morgan fingerprint density at radius 2 is 2.31 bits per heavy atom. The van der Waals surface area contributed by atoms with Gasteiger partial charge < -0.3 is 4.90 Å². The van der Waals surface area contributed by atoms with Crippen LogP contribution in [0, 0.1) is 12.8 Å².